The SMILES string of the molecule is CCN(C(=O)Cc1c(N2CC3(CNC3)C2)cc(C(F)(F)F)cc1C(F)(F)F)c1ccc(F)c(Cl)c1F. The number of anilines is 2. The minimum Gasteiger partial charge on any atom is -0.370 e. The second kappa shape index (κ2) is 9.05. The fourth-order valence-corrected chi connectivity index (χ4v) is 4.79. The zero-order valence-electron chi connectivity index (χ0n) is 18.8. The second-order valence-corrected chi connectivity index (χ2v) is 9.36. The highest BCUT2D eigenvalue weighted by atomic mass is 35.5. The highest BCUT2D eigenvalue weighted by Gasteiger charge is 2.49. The molecule has 0 atom stereocenters. The molecule has 2 aliphatic rings. The summed E-state index contributed by atoms with van der Waals surface area (Å²) < 4.78 is 111. The van der Waals surface area contributed by atoms with Gasteiger partial charge in [0, 0.05) is 43.8 Å². The minimum absolute atomic E-state index is 0.0157. The van der Waals surface area contributed by atoms with Gasteiger partial charge in [0.15, 0.2) is 5.82 Å². The van der Waals surface area contributed by atoms with Gasteiger partial charge in [0.2, 0.25) is 5.91 Å². The van der Waals surface area contributed by atoms with Crippen LogP contribution in [0.25, 0.3) is 0 Å². The van der Waals surface area contributed by atoms with E-state index < -0.39 is 63.7 Å². The molecule has 2 aliphatic heterocycles. The first-order chi connectivity index (χ1) is 16.7. The standard InChI is InChI=1S/C23H20ClF8N3O/c1-2-35(16-4-3-15(25)19(24)20(16)26)18(36)7-13-14(23(30,31)32)5-12(22(27,28)29)6-17(13)34-10-21(11-34)8-33-9-21/h3-6,33H,2,7-11H2,1H3. The van der Waals surface area contributed by atoms with E-state index in [-0.39, 0.29) is 36.8 Å². The van der Waals surface area contributed by atoms with Crippen LogP contribution in [0.1, 0.15) is 23.6 Å². The number of rotatable bonds is 5. The van der Waals surface area contributed by atoms with E-state index in [1.807, 2.05) is 0 Å². The molecule has 0 unspecified atom stereocenters. The Kier molecular flexibility index (Phi) is 6.66. The molecule has 0 aliphatic carbocycles. The van der Waals surface area contributed by atoms with Crippen molar-refractivity contribution in [1.29, 1.82) is 0 Å². The van der Waals surface area contributed by atoms with E-state index in [9.17, 15) is 39.9 Å². The van der Waals surface area contributed by atoms with Gasteiger partial charge in [0.1, 0.15) is 10.8 Å². The Morgan fingerprint density at radius 3 is 2.22 bits per heavy atom. The molecule has 13 heteroatoms. The summed E-state index contributed by atoms with van der Waals surface area (Å²) in [6.07, 6.45) is -11.2. The number of amides is 1. The van der Waals surface area contributed by atoms with Gasteiger partial charge in [-0.05, 0) is 36.8 Å². The molecular formula is C23H20ClF8N3O. The topological polar surface area (TPSA) is 35.6 Å². The summed E-state index contributed by atoms with van der Waals surface area (Å²) in [6, 6.07) is 2.31. The first-order valence-corrected chi connectivity index (χ1v) is 11.3. The number of alkyl halides is 6. The molecule has 4 rings (SSSR count). The Labute approximate surface area is 205 Å². The molecule has 1 N–H and O–H groups in total. The largest absolute Gasteiger partial charge is 0.416 e. The molecule has 1 spiro atoms. The summed E-state index contributed by atoms with van der Waals surface area (Å²) in [5.41, 5.74) is -4.78. The van der Waals surface area contributed by atoms with Gasteiger partial charge >= 0.3 is 12.4 Å². The Morgan fingerprint density at radius 2 is 1.72 bits per heavy atom. The highest BCUT2D eigenvalue weighted by molar-refractivity contribution is 6.31. The van der Waals surface area contributed by atoms with Crippen molar-refractivity contribution in [2.45, 2.75) is 25.7 Å². The van der Waals surface area contributed by atoms with Gasteiger partial charge in [-0.25, -0.2) is 8.78 Å². The van der Waals surface area contributed by atoms with E-state index in [0.717, 1.165) is 17.0 Å². The molecule has 4 nitrogen and oxygen atoms in total. The maximum Gasteiger partial charge on any atom is 0.416 e. The number of hydrogen-bond donors (Lipinski definition) is 1. The van der Waals surface area contributed by atoms with E-state index >= 15 is 0 Å². The van der Waals surface area contributed by atoms with Gasteiger partial charge < -0.3 is 15.1 Å². The molecule has 0 saturated carbocycles. The van der Waals surface area contributed by atoms with Crippen LogP contribution < -0.4 is 15.1 Å². The van der Waals surface area contributed by atoms with Crippen LogP contribution in [0.5, 0.6) is 0 Å². The summed E-state index contributed by atoms with van der Waals surface area (Å²) in [5, 5.41) is 2.13. The van der Waals surface area contributed by atoms with E-state index in [4.69, 9.17) is 11.6 Å². The van der Waals surface area contributed by atoms with Crippen LogP contribution in [0.2, 0.25) is 5.02 Å². The van der Waals surface area contributed by atoms with Crippen molar-refractivity contribution in [1.82, 2.24) is 5.32 Å². The predicted octanol–water partition coefficient (Wildman–Crippen LogP) is 5.66. The highest BCUT2D eigenvalue weighted by Crippen LogP contribution is 2.46. The first-order valence-electron chi connectivity index (χ1n) is 10.9. The number of hydrogen-bond acceptors (Lipinski definition) is 3. The smallest absolute Gasteiger partial charge is 0.370 e. The monoisotopic (exact) mass is 541 g/mol. The van der Waals surface area contributed by atoms with Crippen LogP contribution >= 0.6 is 11.6 Å². The maximum atomic E-state index is 14.6. The van der Waals surface area contributed by atoms with Crippen molar-refractivity contribution >= 4 is 28.9 Å². The second-order valence-electron chi connectivity index (χ2n) is 8.99. The fourth-order valence-electron chi connectivity index (χ4n) is 4.63. The third kappa shape index (κ3) is 4.72. The lowest BCUT2D eigenvalue weighted by molar-refractivity contribution is -0.143. The van der Waals surface area contributed by atoms with Crippen LogP contribution in [-0.2, 0) is 23.6 Å². The van der Waals surface area contributed by atoms with E-state index in [2.05, 4.69) is 5.32 Å². The molecule has 2 aromatic carbocycles. The Morgan fingerprint density at radius 1 is 1.08 bits per heavy atom. The average molecular weight is 542 g/mol. The Hall–Kier alpha value is -2.60. The molecular weight excluding hydrogens is 522 g/mol. The molecule has 0 bridgehead atoms. The molecule has 0 aromatic heterocycles. The molecule has 2 heterocycles. The van der Waals surface area contributed by atoms with Crippen molar-refractivity contribution in [2.75, 3.05) is 42.5 Å². The predicted molar refractivity (Wildman–Crippen MR) is 117 cm³/mol. The number of likely N-dealkylation sites (N-methyl/N-ethyl adjacent to an activating group) is 1. The molecule has 196 valence electrons. The molecule has 36 heavy (non-hydrogen) atoms. The van der Waals surface area contributed by atoms with Gasteiger partial charge in [0.05, 0.1) is 23.2 Å². The number of carbonyl (C=O) groups is 1. The molecule has 0 radical (unpaired) electrons. The van der Waals surface area contributed by atoms with Crippen molar-refractivity contribution in [2.24, 2.45) is 5.41 Å². The van der Waals surface area contributed by atoms with Gasteiger partial charge in [-0.15, -0.1) is 0 Å². The van der Waals surface area contributed by atoms with E-state index in [1.54, 1.807) is 0 Å². The van der Waals surface area contributed by atoms with Crippen molar-refractivity contribution in [3.63, 3.8) is 0 Å². The number of benzene rings is 2. The third-order valence-electron chi connectivity index (χ3n) is 6.50. The lowest BCUT2D eigenvalue weighted by Gasteiger charge is -2.57. The fraction of sp³-hybridized carbons (Fsp3) is 0.435. The van der Waals surface area contributed by atoms with Gasteiger partial charge in [-0.2, -0.15) is 26.3 Å². The quantitative estimate of drug-likeness (QED) is 0.392. The lowest BCUT2D eigenvalue weighted by Crippen LogP contribution is -2.71. The van der Waals surface area contributed by atoms with Crippen LogP contribution in [-0.4, -0.2) is 38.6 Å². The molecule has 1 amide bonds. The normalized spacial score (nSPS) is 17.1. The van der Waals surface area contributed by atoms with Crippen LogP contribution in [0, 0.1) is 17.0 Å². The lowest BCUT2D eigenvalue weighted by atomic mass is 9.74. The van der Waals surface area contributed by atoms with Crippen LogP contribution in [0.4, 0.5) is 46.5 Å². The number of nitrogens with zero attached hydrogens (tertiary/aromatic N) is 2. The zero-order valence-corrected chi connectivity index (χ0v) is 19.5. The Balaban J connectivity index is 1.78. The summed E-state index contributed by atoms with van der Waals surface area (Å²) in [4.78, 5) is 15.3. The third-order valence-corrected chi connectivity index (χ3v) is 6.85. The van der Waals surface area contributed by atoms with Crippen molar-refractivity contribution < 1.29 is 39.9 Å². The van der Waals surface area contributed by atoms with Crippen molar-refractivity contribution in [3.8, 4) is 0 Å². The minimum atomic E-state index is -5.20. The van der Waals surface area contributed by atoms with Crippen LogP contribution in [0.3, 0.4) is 0 Å². The summed E-state index contributed by atoms with van der Waals surface area (Å²) >= 11 is 5.58. The van der Waals surface area contributed by atoms with Crippen LogP contribution in [0.15, 0.2) is 24.3 Å². The number of nitrogens with one attached hydrogen (secondary N) is 1. The molecule has 2 fully saturated rings. The van der Waals surface area contributed by atoms with Gasteiger partial charge in [0.25, 0.3) is 0 Å². The zero-order chi connectivity index (χ0) is 26.6. The summed E-state index contributed by atoms with van der Waals surface area (Å²) in [7, 11) is 0. The van der Waals surface area contributed by atoms with E-state index in [0.29, 0.717) is 19.2 Å². The number of halogens is 9. The first kappa shape index (κ1) is 26.5. The van der Waals surface area contributed by atoms with Gasteiger partial charge in [-0.1, -0.05) is 11.6 Å². The van der Waals surface area contributed by atoms with E-state index in [1.165, 1.54) is 11.8 Å². The molecule has 2 saturated heterocycles. The Bertz CT molecular complexity index is 1190. The number of carbonyl (C=O) groups excluding carboxylic acids is 1. The maximum absolute atomic E-state index is 14.6. The van der Waals surface area contributed by atoms with Crippen molar-refractivity contribution in [3.05, 3.63) is 57.6 Å². The summed E-state index contributed by atoms with van der Waals surface area (Å²) in [6.45, 7) is 2.80. The summed E-state index contributed by atoms with van der Waals surface area (Å²) in [5.74, 6) is -3.40. The van der Waals surface area contributed by atoms with Gasteiger partial charge in [-0.3, -0.25) is 4.79 Å². The average Bonchev–Trinajstić information content (AvgIpc) is 2.71. The molecule has 2 aromatic rings.